The van der Waals surface area contributed by atoms with Crippen molar-refractivity contribution in [3.05, 3.63) is 312 Å². The average Bonchev–Trinajstić information content (AvgIpc) is 1.58. The molecule has 0 saturated carbocycles. The van der Waals surface area contributed by atoms with E-state index in [0.717, 1.165) is 117 Å². The minimum atomic E-state index is -0.255. The zero-order valence-corrected chi connectivity index (χ0v) is 58.7. The van der Waals surface area contributed by atoms with Crippen LogP contribution in [0.15, 0.2) is 297 Å². The molecule has 0 N–H and O–H groups in total. The molecular formula is C95H64N4O4S. The second-order valence-corrected chi connectivity index (χ2v) is 31.1. The first-order valence-corrected chi connectivity index (χ1v) is 36.5. The fourth-order valence-electron chi connectivity index (χ4n) is 17.8. The van der Waals surface area contributed by atoms with Crippen molar-refractivity contribution < 1.29 is 17.7 Å². The van der Waals surface area contributed by atoms with Crippen LogP contribution in [0.25, 0.3) is 154 Å². The zero-order valence-electron chi connectivity index (χ0n) is 57.9. The Hall–Kier alpha value is -12.6. The van der Waals surface area contributed by atoms with Gasteiger partial charge in [-0.1, -0.05) is 169 Å². The van der Waals surface area contributed by atoms with Crippen molar-refractivity contribution in [3.63, 3.8) is 0 Å². The smallest absolute Gasteiger partial charge is 0.227 e. The van der Waals surface area contributed by atoms with Crippen molar-refractivity contribution in [3.8, 4) is 67.4 Å². The van der Waals surface area contributed by atoms with E-state index in [0.29, 0.717) is 17.4 Å². The standard InChI is InChI=1S/C95H64N4O4S/c1-93(2)75-24-13-10-21-63(75)69-43-57(30-37-78(69)93)98(61-29-35-66-73-50-87-82(51-85(73)100-84(66)48-61)97-91(102-87)53-17-8-7-9-18-53)59-32-39-80-71(45-59)68-42-55(27-36-77(68)95(80,5)6)54-19-16-20-56(41-54)92-96-81-49-72-65-34-28-62(47-83(65)101-86(72)52-88(81)103-92)99(60-33-40-90-74(46-60)67-23-12-15-26-89(67)104-90)58-31-38-79-70(44-58)64-22-11-14-25-76(64)94(79,3)4/h7-52H,1-6H3. The Morgan fingerprint density at radius 1 is 0.250 bits per heavy atom. The second kappa shape index (κ2) is 21.3. The third kappa shape index (κ3) is 8.59. The summed E-state index contributed by atoms with van der Waals surface area (Å²) < 4.78 is 29.4. The number of fused-ring (bicyclic) bond motifs is 20. The Morgan fingerprint density at radius 2 is 0.673 bits per heavy atom. The Kier molecular flexibility index (Phi) is 12.1. The molecule has 5 aromatic heterocycles. The maximum Gasteiger partial charge on any atom is 0.227 e. The van der Waals surface area contributed by atoms with Crippen molar-refractivity contribution in [1.82, 2.24) is 9.97 Å². The third-order valence-electron chi connectivity index (χ3n) is 23.1. The van der Waals surface area contributed by atoms with Crippen LogP contribution in [0.4, 0.5) is 34.1 Å². The lowest BCUT2D eigenvalue weighted by molar-refractivity contribution is 0.617. The normalized spacial score (nSPS) is 14.3. The molecule has 494 valence electrons. The molecule has 14 aromatic carbocycles. The predicted octanol–water partition coefficient (Wildman–Crippen LogP) is 27.0. The topological polar surface area (TPSA) is 84.8 Å². The van der Waals surface area contributed by atoms with Crippen LogP contribution in [0.5, 0.6) is 0 Å². The van der Waals surface area contributed by atoms with Gasteiger partial charge >= 0.3 is 0 Å². The van der Waals surface area contributed by atoms with Gasteiger partial charge in [-0.05, 0) is 205 Å². The van der Waals surface area contributed by atoms with Crippen molar-refractivity contribution in [2.24, 2.45) is 0 Å². The van der Waals surface area contributed by atoms with E-state index in [1.165, 1.54) is 86.9 Å². The number of furan rings is 2. The first kappa shape index (κ1) is 59.2. The molecule has 5 heterocycles. The van der Waals surface area contributed by atoms with E-state index < -0.39 is 0 Å². The van der Waals surface area contributed by atoms with E-state index in [4.69, 9.17) is 27.6 Å². The first-order valence-electron chi connectivity index (χ1n) is 35.7. The number of oxazole rings is 2. The van der Waals surface area contributed by atoms with E-state index in [1.807, 2.05) is 53.8 Å². The van der Waals surface area contributed by atoms with E-state index >= 15 is 0 Å². The minimum Gasteiger partial charge on any atom is -0.456 e. The molecule has 0 aliphatic heterocycles. The lowest BCUT2D eigenvalue weighted by atomic mass is 9.82. The molecule has 0 saturated heterocycles. The molecule has 0 atom stereocenters. The van der Waals surface area contributed by atoms with Gasteiger partial charge in [-0.25, -0.2) is 9.97 Å². The number of anilines is 6. The Morgan fingerprint density at radius 3 is 1.31 bits per heavy atom. The number of hydrogen-bond acceptors (Lipinski definition) is 9. The van der Waals surface area contributed by atoms with Gasteiger partial charge in [0, 0.05) is 127 Å². The average molecular weight is 1360 g/mol. The highest BCUT2D eigenvalue weighted by Gasteiger charge is 2.40. The van der Waals surface area contributed by atoms with Crippen LogP contribution in [0.3, 0.4) is 0 Å². The molecular weight excluding hydrogens is 1290 g/mol. The summed E-state index contributed by atoms with van der Waals surface area (Å²) in [6.07, 6.45) is 0. The Labute approximate surface area is 602 Å². The van der Waals surface area contributed by atoms with Crippen molar-refractivity contribution in [2.45, 2.75) is 57.8 Å². The van der Waals surface area contributed by atoms with Gasteiger partial charge in [0.05, 0.1) is 0 Å². The highest BCUT2D eigenvalue weighted by Crippen LogP contribution is 2.56. The maximum absolute atomic E-state index is 6.88. The van der Waals surface area contributed by atoms with Crippen molar-refractivity contribution >= 4 is 132 Å². The third-order valence-corrected chi connectivity index (χ3v) is 24.2. The van der Waals surface area contributed by atoms with Crippen LogP contribution in [0.2, 0.25) is 0 Å². The van der Waals surface area contributed by atoms with Gasteiger partial charge in [-0.2, -0.15) is 0 Å². The van der Waals surface area contributed by atoms with E-state index in [-0.39, 0.29) is 16.2 Å². The van der Waals surface area contributed by atoms with E-state index in [2.05, 4.69) is 288 Å². The summed E-state index contributed by atoms with van der Waals surface area (Å²) in [6, 6.07) is 101. The van der Waals surface area contributed by atoms with Gasteiger partial charge in [0.2, 0.25) is 11.8 Å². The Bertz CT molecular complexity index is 6930. The molecule has 0 fully saturated rings. The summed E-state index contributed by atoms with van der Waals surface area (Å²) >= 11 is 1.84. The van der Waals surface area contributed by atoms with Gasteiger partial charge in [-0.15, -0.1) is 11.3 Å². The minimum absolute atomic E-state index is 0.108. The summed E-state index contributed by atoms with van der Waals surface area (Å²) in [5.41, 5.74) is 31.1. The highest BCUT2D eigenvalue weighted by atomic mass is 32.1. The van der Waals surface area contributed by atoms with Crippen LogP contribution in [0.1, 0.15) is 74.9 Å². The lowest BCUT2D eigenvalue weighted by Gasteiger charge is -2.28. The molecule has 8 nitrogen and oxygen atoms in total. The molecule has 0 radical (unpaired) electrons. The summed E-state index contributed by atoms with van der Waals surface area (Å²) in [5, 5.41) is 6.49. The SMILES string of the molecule is CC1(C)c2ccccc2-c2cc(N(c3ccc4c(c3)-c3cc(-c5cccc(-c6nc7cc8c(cc7o6)oc6cc(N(c7ccc9c(c7)-c7ccccc7C9(C)C)c7ccc9sc%10ccccc%10c9c7)ccc68)c5)ccc3C4(C)C)c3ccc4c(c3)oc3cc5nc(-c6ccccc6)oc5cc34)ccc21. The van der Waals surface area contributed by atoms with Crippen LogP contribution in [0, 0.1) is 0 Å². The number of benzene rings is 14. The summed E-state index contributed by atoms with van der Waals surface area (Å²) in [6.45, 7) is 14.0. The number of rotatable bonds is 9. The van der Waals surface area contributed by atoms with Crippen LogP contribution >= 0.6 is 11.3 Å². The van der Waals surface area contributed by atoms with Gasteiger partial charge in [0.15, 0.2) is 11.2 Å². The summed E-state index contributed by atoms with van der Waals surface area (Å²) in [4.78, 5) is 14.9. The van der Waals surface area contributed by atoms with Crippen LogP contribution < -0.4 is 9.80 Å². The van der Waals surface area contributed by atoms with Gasteiger partial charge < -0.3 is 27.5 Å². The molecule has 0 spiro atoms. The zero-order chi connectivity index (χ0) is 69.2. The van der Waals surface area contributed by atoms with Crippen molar-refractivity contribution in [1.29, 1.82) is 0 Å². The fraction of sp³-hybridized carbons (Fsp3) is 0.0947. The summed E-state index contributed by atoms with van der Waals surface area (Å²) in [5.74, 6) is 1.14. The van der Waals surface area contributed by atoms with E-state index in [9.17, 15) is 0 Å². The molecule has 104 heavy (non-hydrogen) atoms. The number of hydrogen-bond donors (Lipinski definition) is 0. The number of thiophene rings is 1. The summed E-state index contributed by atoms with van der Waals surface area (Å²) in [7, 11) is 0. The molecule has 19 aromatic rings. The molecule has 3 aliphatic rings. The fourth-order valence-corrected chi connectivity index (χ4v) is 18.9. The first-order chi connectivity index (χ1) is 50.7. The molecule has 0 bridgehead atoms. The van der Waals surface area contributed by atoms with Crippen molar-refractivity contribution in [2.75, 3.05) is 9.80 Å². The molecule has 3 aliphatic carbocycles. The van der Waals surface area contributed by atoms with E-state index in [1.54, 1.807) is 0 Å². The highest BCUT2D eigenvalue weighted by molar-refractivity contribution is 7.25. The van der Waals surface area contributed by atoms with Gasteiger partial charge in [0.1, 0.15) is 33.4 Å². The maximum atomic E-state index is 6.88. The number of aromatic nitrogens is 2. The van der Waals surface area contributed by atoms with Gasteiger partial charge in [-0.3, -0.25) is 0 Å². The number of nitrogens with zero attached hydrogens (tertiary/aromatic N) is 4. The van der Waals surface area contributed by atoms with Crippen LogP contribution in [-0.2, 0) is 16.2 Å². The lowest BCUT2D eigenvalue weighted by Crippen LogP contribution is -2.16. The second-order valence-electron chi connectivity index (χ2n) is 30.0. The molecule has 9 heteroatoms. The quantitative estimate of drug-likeness (QED) is 0.141. The van der Waals surface area contributed by atoms with Gasteiger partial charge in [0.25, 0.3) is 0 Å². The predicted molar refractivity (Wildman–Crippen MR) is 427 cm³/mol. The Balaban J connectivity index is 0.609. The molecule has 0 unspecified atom stereocenters. The molecule has 0 amide bonds. The molecule has 22 rings (SSSR count). The monoisotopic (exact) mass is 1360 g/mol. The van der Waals surface area contributed by atoms with Crippen LogP contribution in [-0.4, -0.2) is 9.97 Å². The largest absolute Gasteiger partial charge is 0.456 e.